The zero-order valence-electron chi connectivity index (χ0n) is 15.0. The highest BCUT2D eigenvalue weighted by molar-refractivity contribution is 7.13. The summed E-state index contributed by atoms with van der Waals surface area (Å²) in [4.78, 5) is 26.1. The molecule has 2 aromatic heterocycles. The summed E-state index contributed by atoms with van der Waals surface area (Å²) in [6.07, 6.45) is 2.36. The molecule has 144 valence electrons. The maximum absolute atomic E-state index is 13.3. The fourth-order valence-corrected chi connectivity index (χ4v) is 3.86. The second kappa shape index (κ2) is 7.93. The predicted molar refractivity (Wildman–Crippen MR) is 105 cm³/mol. The molecule has 8 heteroatoms. The standard InChI is InChI=1S/C20H19FN4O2S/c21-13-6-8-14(9-7-13)25-17(12-16(24-25)18-5-3-11-28-18)20(27)23-15-4-1-2-10-22-19(15)26/h3,5-9,11-12,15H,1-2,4,10H2,(H,22,26)(H,23,27). The molecule has 0 radical (unpaired) electrons. The fourth-order valence-electron chi connectivity index (χ4n) is 3.18. The van der Waals surface area contributed by atoms with E-state index >= 15 is 0 Å². The number of carbonyl (C=O) groups excluding carboxylic acids is 2. The number of hydrogen-bond acceptors (Lipinski definition) is 4. The van der Waals surface area contributed by atoms with Crippen LogP contribution >= 0.6 is 11.3 Å². The highest BCUT2D eigenvalue weighted by Crippen LogP contribution is 2.26. The summed E-state index contributed by atoms with van der Waals surface area (Å²) < 4.78 is 14.8. The van der Waals surface area contributed by atoms with Gasteiger partial charge in [-0.05, 0) is 61.0 Å². The zero-order valence-corrected chi connectivity index (χ0v) is 15.8. The first-order valence-electron chi connectivity index (χ1n) is 9.10. The number of benzene rings is 1. The van der Waals surface area contributed by atoms with Crippen LogP contribution in [0.15, 0.2) is 47.8 Å². The minimum absolute atomic E-state index is 0.169. The molecular weight excluding hydrogens is 379 g/mol. The van der Waals surface area contributed by atoms with E-state index in [1.165, 1.54) is 28.2 Å². The monoisotopic (exact) mass is 398 g/mol. The van der Waals surface area contributed by atoms with Gasteiger partial charge in [-0.25, -0.2) is 9.07 Å². The topological polar surface area (TPSA) is 76.0 Å². The van der Waals surface area contributed by atoms with Crippen LogP contribution in [0.4, 0.5) is 4.39 Å². The third-order valence-electron chi connectivity index (χ3n) is 4.63. The maximum Gasteiger partial charge on any atom is 0.270 e. The molecule has 2 amide bonds. The van der Waals surface area contributed by atoms with Crippen molar-refractivity contribution in [2.45, 2.75) is 25.3 Å². The van der Waals surface area contributed by atoms with Gasteiger partial charge in [0.1, 0.15) is 23.2 Å². The second-order valence-corrected chi connectivity index (χ2v) is 7.54. The van der Waals surface area contributed by atoms with Crippen LogP contribution in [0.5, 0.6) is 0 Å². The summed E-state index contributed by atoms with van der Waals surface area (Å²) in [7, 11) is 0. The lowest BCUT2D eigenvalue weighted by Crippen LogP contribution is -2.45. The van der Waals surface area contributed by atoms with Crippen molar-refractivity contribution in [3.8, 4) is 16.3 Å². The summed E-state index contributed by atoms with van der Waals surface area (Å²) >= 11 is 1.51. The number of rotatable bonds is 4. The highest BCUT2D eigenvalue weighted by Gasteiger charge is 2.25. The van der Waals surface area contributed by atoms with Crippen LogP contribution in [-0.4, -0.2) is 34.2 Å². The molecule has 1 aliphatic heterocycles. The molecule has 6 nitrogen and oxygen atoms in total. The van der Waals surface area contributed by atoms with E-state index in [1.807, 2.05) is 17.5 Å². The summed E-state index contributed by atoms with van der Waals surface area (Å²) in [6.45, 7) is 0.626. The molecular formula is C20H19FN4O2S. The number of carbonyl (C=O) groups is 2. The van der Waals surface area contributed by atoms with Gasteiger partial charge in [0.2, 0.25) is 5.91 Å². The number of thiophene rings is 1. The van der Waals surface area contributed by atoms with Gasteiger partial charge in [0, 0.05) is 6.54 Å². The maximum atomic E-state index is 13.3. The third kappa shape index (κ3) is 3.82. The lowest BCUT2D eigenvalue weighted by Gasteiger charge is -2.15. The Morgan fingerprint density at radius 2 is 2.07 bits per heavy atom. The van der Waals surface area contributed by atoms with E-state index in [0.29, 0.717) is 30.0 Å². The molecule has 1 fully saturated rings. The molecule has 1 unspecified atom stereocenters. The molecule has 1 saturated heterocycles. The highest BCUT2D eigenvalue weighted by atomic mass is 32.1. The van der Waals surface area contributed by atoms with Gasteiger partial charge >= 0.3 is 0 Å². The van der Waals surface area contributed by atoms with Crippen LogP contribution in [-0.2, 0) is 4.79 Å². The molecule has 1 aromatic carbocycles. The van der Waals surface area contributed by atoms with Gasteiger partial charge in [0.25, 0.3) is 5.91 Å². The number of aromatic nitrogens is 2. The smallest absolute Gasteiger partial charge is 0.270 e. The fraction of sp³-hybridized carbons (Fsp3) is 0.250. The van der Waals surface area contributed by atoms with Crippen LogP contribution in [0, 0.1) is 5.82 Å². The van der Waals surface area contributed by atoms with Gasteiger partial charge in [-0.15, -0.1) is 11.3 Å². The van der Waals surface area contributed by atoms with Crippen molar-refractivity contribution in [2.75, 3.05) is 6.54 Å². The van der Waals surface area contributed by atoms with Crippen molar-refractivity contribution >= 4 is 23.2 Å². The van der Waals surface area contributed by atoms with E-state index in [4.69, 9.17) is 0 Å². The Labute approximate surface area is 165 Å². The van der Waals surface area contributed by atoms with Crippen molar-refractivity contribution < 1.29 is 14.0 Å². The van der Waals surface area contributed by atoms with Crippen molar-refractivity contribution in [3.63, 3.8) is 0 Å². The average molecular weight is 398 g/mol. The zero-order chi connectivity index (χ0) is 19.5. The van der Waals surface area contributed by atoms with Crippen LogP contribution in [0.3, 0.4) is 0 Å². The molecule has 0 spiro atoms. The quantitative estimate of drug-likeness (QED) is 0.709. The Hall–Kier alpha value is -3.00. The van der Waals surface area contributed by atoms with Crippen LogP contribution in [0.2, 0.25) is 0 Å². The molecule has 28 heavy (non-hydrogen) atoms. The SMILES string of the molecule is O=C(NC1CCCCNC1=O)c1cc(-c2cccs2)nn1-c1ccc(F)cc1. The van der Waals surface area contributed by atoms with Gasteiger partial charge in [0.05, 0.1) is 10.6 Å². The number of amides is 2. The summed E-state index contributed by atoms with van der Waals surface area (Å²) in [5, 5.41) is 12.1. The molecule has 2 N–H and O–H groups in total. The molecule has 1 atom stereocenters. The van der Waals surface area contributed by atoms with Crippen molar-refractivity contribution in [2.24, 2.45) is 0 Å². The Kier molecular flexibility index (Phi) is 5.21. The summed E-state index contributed by atoms with van der Waals surface area (Å²) in [5.74, 6) is -0.922. The molecule has 3 heterocycles. The van der Waals surface area contributed by atoms with Gasteiger partial charge in [0.15, 0.2) is 0 Å². The van der Waals surface area contributed by atoms with E-state index in [2.05, 4.69) is 15.7 Å². The van der Waals surface area contributed by atoms with Gasteiger partial charge in [-0.1, -0.05) is 6.07 Å². The van der Waals surface area contributed by atoms with E-state index in [9.17, 15) is 14.0 Å². The van der Waals surface area contributed by atoms with E-state index in [0.717, 1.165) is 17.7 Å². The van der Waals surface area contributed by atoms with Gasteiger partial charge in [-0.2, -0.15) is 5.10 Å². The minimum atomic E-state index is -0.572. The lowest BCUT2D eigenvalue weighted by molar-refractivity contribution is -0.122. The molecule has 4 rings (SSSR count). The number of nitrogens with one attached hydrogen (secondary N) is 2. The van der Waals surface area contributed by atoms with E-state index < -0.39 is 6.04 Å². The molecule has 3 aromatic rings. The van der Waals surface area contributed by atoms with Crippen molar-refractivity contribution in [1.82, 2.24) is 20.4 Å². The molecule has 0 saturated carbocycles. The Morgan fingerprint density at radius 1 is 1.25 bits per heavy atom. The Bertz CT molecular complexity index is 982. The van der Waals surface area contributed by atoms with Gasteiger partial charge in [-0.3, -0.25) is 9.59 Å². The third-order valence-corrected chi connectivity index (χ3v) is 5.52. The van der Waals surface area contributed by atoms with Crippen molar-refractivity contribution in [1.29, 1.82) is 0 Å². The van der Waals surface area contributed by atoms with Crippen LogP contribution in [0.1, 0.15) is 29.8 Å². The summed E-state index contributed by atoms with van der Waals surface area (Å²) in [6, 6.07) is 10.7. The first kappa shape index (κ1) is 18.4. The number of nitrogens with zero attached hydrogens (tertiary/aromatic N) is 2. The van der Waals surface area contributed by atoms with Crippen molar-refractivity contribution in [3.05, 3.63) is 59.4 Å². The normalized spacial score (nSPS) is 17.0. The average Bonchev–Trinajstić information content (AvgIpc) is 3.33. The first-order valence-corrected chi connectivity index (χ1v) is 9.98. The van der Waals surface area contributed by atoms with Gasteiger partial charge < -0.3 is 10.6 Å². The molecule has 0 aliphatic carbocycles. The van der Waals surface area contributed by atoms with Crippen LogP contribution in [0.25, 0.3) is 16.3 Å². The minimum Gasteiger partial charge on any atom is -0.354 e. The lowest BCUT2D eigenvalue weighted by atomic mass is 10.1. The Morgan fingerprint density at radius 3 is 2.82 bits per heavy atom. The van der Waals surface area contributed by atoms with E-state index in [-0.39, 0.29) is 17.6 Å². The second-order valence-electron chi connectivity index (χ2n) is 6.59. The predicted octanol–water partition coefficient (Wildman–Crippen LogP) is 3.14. The van der Waals surface area contributed by atoms with E-state index in [1.54, 1.807) is 18.2 Å². The summed E-state index contributed by atoms with van der Waals surface area (Å²) in [5.41, 5.74) is 1.52. The molecule has 1 aliphatic rings. The number of halogens is 1. The first-order chi connectivity index (χ1) is 13.6. The molecule has 0 bridgehead atoms. The Balaban J connectivity index is 1.68. The number of hydrogen-bond donors (Lipinski definition) is 2. The van der Waals surface area contributed by atoms with Crippen LogP contribution < -0.4 is 10.6 Å². The largest absolute Gasteiger partial charge is 0.354 e.